The highest BCUT2D eigenvalue weighted by Crippen LogP contribution is 2.57. The van der Waals surface area contributed by atoms with Gasteiger partial charge in [0.15, 0.2) is 5.69 Å². The Labute approximate surface area is 264 Å². The summed E-state index contributed by atoms with van der Waals surface area (Å²) in [6, 6.07) is 12.9. The Bertz CT molecular complexity index is 1430. The maximum Gasteiger partial charge on any atom is 0.274 e. The van der Waals surface area contributed by atoms with Crippen molar-refractivity contribution < 1.29 is 4.79 Å². The Morgan fingerprint density at radius 3 is 2.14 bits per heavy atom. The van der Waals surface area contributed by atoms with Crippen molar-refractivity contribution >= 4 is 40.7 Å². The summed E-state index contributed by atoms with van der Waals surface area (Å²) in [5.41, 5.74) is 3.70. The van der Waals surface area contributed by atoms with Gasteiger partial charge in [0.1, 0.15) is 0 Å². The predicted octanol–water partition coefficient (Wildman–Crippen LogP) is 8.42. The van der Waals surface area contributed by atoms with Crippen molar-refractivity contribution in [3.05, 3.63) is 68.8 Å². The lowest BCUT2D eigenvalue weighted by Crippen LogP contribution is -2.49. The molecule has 1 aromatic heterocycles. The van der Waals surface area contributed by atoms with Crippen LogP contribution in [0.25, 0.3) is 16.9 Å². The van der Waals surface area contributed by atoms with Gasteiger partial charge in [-0.05, 0) is 118 Å². The highest BCUT2D eigenvalue weighted by molar-refractivity contribution is 6.35. The summed E-state index contributed by atoms with van der Waals surface area (Å²) in [6.07, 6.45) is 10.3. The van der Waals surface area contributed by atoms with Crippen LogP contribution in [0.1, 0.15) is 61.0 Å². The summed E-state index contributed by atoms with van der Waals surface area (Å²) in [5.74, 6) is 5.07. The molecule has 8 rings (SSSR count). The molecule has 5 fully saturated rings. The number of hydrogen-bond donors (Lipinski definition) is 0. The number of hydrogen-bond acceptors (Lipinski definition) is 3. The number of carbonyl (C=O) groups is 1. The first-order chi connectivity index (χ1) is 20.3. The zero-order chi connectivity index (χ0) is 29.0. The Hall–Kier alpha value is -2.05. The number of piperazine rings is 1. The zero-order valence-electron chi connectivity index (χ0n) is 24.2. The smallest absolute Gasteiger partial charge is 0.274 e. The molecule has 4 saturated carbocycles. The first-order valence-electron chi connectivity index (χ1n) is 15.7. The quantitative estimate of drug-likeness (QED) is 0.265. The van der Waals surface area contributed by atoms with Crippen molar-refractivity contribution in [3.63, 3.8) is 0 Å². The Kier molecular flexibility index (Phi) is 8.06. The molecule has 0 radical (unpaired) electrons. The van der Waals surface area contributed by atoms with Gasteiger partial charge in [-0.2, -0.15) is 5.10 Å². The van der Waals surface area contributed by atoms with E-state index in [0.29, 0.717) is 26.4 Å². The van der Waals surface area contributed by atoms with E-state index in [1.165, 1.54) is 44.9 Å². The van der Waals surface area contributed by atoms with E-state index in [1.54, 1.807) is 16.8 Å². The number of carbonyl (C=O) groups excluding carboxylic acids is 1. The monoisotopic (exact) mass is 624 g/mol. The van der Waals surface area contributed by atoms with Crippen LogP contribution in [-0.2, 0) is 0 Å². The molecule has 3 aromatic rings. The molecule has 222 valence electrons. The largest absolute Gasteiger partial charge is 0.335 e. The number of rotatable bonds is 7. The first kappa shape index (κ1) is 28.7. The molecular weight excluding hydrogens is 587 g/mol. The zero-order valence-corrected chi connectivity index (χ0v) is 26.5. The second-order valence-corrected chi connectivity index (χ2v) is 14.5. The van der Waals surface area contributed by atoms with Crippen molar-refractivity contribution in [2.45, 2.75) is 51.9 Å². The van der Waals surface area contributed by atoms with Crippen LogP contribution in [0.4, 0.5) is 0 Å². The van der Waals surface area contributed by atoms with Gasteiger partial charge in [-0.3, -0.25) is 9.69 Å². The number of aromatic nitrogens is 2. The van der Waals surface area contributed by atoms with E-state index in [1.807, 2.05) is 42.2 Å². The average Bonchev–Trinajstić information content (AvgIpc) is 3.31. The Balaban J connectivity index is 1.02. The molecule has 0 N–H and O–H groups in total. The molecule has 1 amide bonds. The molecule has 5 aliphatic rings. The molecule has 1 aliphatic heterocycles. The lowest BCUT2D eigenvalue weighted by molar-refractivity contribution is -0.0412. The molecule has 42 heavy (non-hydrogen) atoms. The van der Waals surface area contributed by atoms with Gasteiger partial charge in [-0.1, -0.05) is 46.9 Å². The van der Waals surface area contributed by atoms with Crippen molar-refractivity contribution in [1.82, 2.24) is 19.6 Å². The summed E-state index contributed by atoms with van der Waals surface area (Å²) < 4.78 is 1.77. The highest BCUT2D eigenvalue weighted by Gasteiger charge is 2.47. The third kappa shape index (κ3) is 5.51. The second kappa shape index (κ2) is 11.8. The Morgan fingerprint density at radius 1 is 0.857 bits per heavy atom. The second-order valence-electron chi connectivity index (χ2n) is 13.2. The van der Waals surface area contributed by atoms with Gasteiger partial charge in [0, 0.05) is 47.4 Å². The van der Waals surface area contributed by atoms with E-state index in [4.69, 9.17) is 39.9 Å². The van der Waals surface area contributed by atoms with Gasteiger partial charge in [0.05, 0.1) is 16.4 Å². The molecule has 0 unspecified atom stereocenters. The fraction of sp³-hybridized carbons (Fsp3) is 0.529. The predicted molar refractivity (Wildman–Crippen MR) is 171 cm³/mol. The number of halogens is 3. The topological polar surface area (TPSA) is 41.4 Å². The molecule has 0 spiro atoms. The first-order valence-corrected chi connectivity index (χ1v) is 16.8. The van der Waals surface area contributed by atoms with Crippen LogP contribution in [0.2, 0.25) is 15.1 Å². The van der Waals surface area contributed by atoms with Crippen molar-refractivity contribution in [2.24, 2.45) is 29.6 Å². The molecule has 0 atom stereocenters. The average molecular weight is 626 g/mol. The minimum Gasteiger partial charge on any atom is -0.335 e. The van der Waals surface area contributed by atoms with Crippen LogP contribution < -0.4 is 0 Å². The van der Waals surface area contributed by atoms with Crippen LogP contribution in [0.3, 0.4) is 0 Å². The van der Waals surface area contributed by atoms with Gasteiger partial charge in [-0.15, -0.1) is 0 Å². The lowest BCUT2D eigenvalue weighted by Gasteiger charge is -2.54. The van der Waals surface area contributed by atoms with Crippen LogP contribution in [0.15, 0.2) is 42.5 Å². The third-order valence-electron chi connectivity index (χ3n) is 10.7. The molecule has 8 heteroatoms. The van der Waals surface area contributed by atoms with Gasteiger partial charge in [0.2, 0.25) is 0 Å². The minimum absolute atomic E-state index is 0.0280. The van der Waals surface area contributed by atoms with Crippen molar-refractivity contribution in [2.75, 3.05) is 32.7 Å². The van der Waals surface area contributed by atoms with Gasteiger partial charge in [0.25, 0.3) is 5.91 Å². The van der Waals surface area contributed by atoms with E-state index in [9.17, 15) is 4.79 Å². The summed E-state index contributed by atoms with van der Waals surface area (Å²) in [7, 11) is 0. The molecule has 2 aromatic carbocycles. The van der Waals surface area contributed by atoms with Crippen LogP contribution in [0.5, 0.6) is 0 Å². The summed E-state index contributed by atoms with van der Waals surface area (Å²) >= 11 is 19.0. The third-order valence-corrected chi connectivity index (χ3v) is 11.5. The van der Waals surface area contributed by atoms with Gasteiger partial charge in [-0.25, -0.2) is 4.68 Å². The lowest BCUT2D eigenvalue weighted by atomic mass is 9.51. The van der Waals surface area contributed by atoms with Crippen molar-refractivity contribution in [1.29, 1.82) is 0 Å². The fourth-order valence-electron chi connectivity index (χ4n) is 8.86. The standard InChI is InChI=1S/C34H39Cl3N4O/c1-21-32(38-41(31-9-8-28(36)20-30(31)37)33(21)24-4-6-27(35)7-5-24)34(42)40-13-11-39(12-14-40)10-2-3-29-25-16-22-15-23(18-25)19-26(29)17-22/h4-9,20,22-23,25-26,29H,2-3,10-19H2,1H3. The summed E-state index contributed by atoms with van der Waals surface area (Å²) in [4.78, 5) is 18.4. The fourth-order valence-corrected chi connectivity index (χ4v) is 9.47. The van der Waals surface area contributed by atoms with Gasteiger partial charge >= 0.3 is 0 Å². The minimum atomic E-state index is -0.0280. The molecule has 4 aliphatic carbocycles. The van der Waals surface area contributed by atoms with E-state index in [-0.39, 0.29) is 5.91 Å². The normalized spacial score (nSPS) is 27.1. The van der Waals surface area contributed by atoms with E-state index >= 15 is 0 Å². The number of nitrogens with zero attached hydrogens (tertiary/aromatic N) is 4. The number of benzene rings is 2. The van der Waals surface area contributed by atoms with Crippen LogP contribution in [0, 0.1) is 36.5 Å². The van der Waals surface area contributed by atoms with E-state index < -0.39 is 0 Å². The molecule has 1 saturated heterocycles. The maximum absolute atomic E-state index is 13.9. The molecular formula is C34H39Cl3N4O. The summed E-state index contributed by atoms with van der Waals surface area (Å²) in [6.45, 7) is 6.39. The molecule has 2 heterocycles. The number of amides is 1. The van der Waals surface area contributed by atoms with Gasteiger partial charge < -0.3 is 4.90 Å². The van der Waals surface area contributed by atoms with Crippen LogP contribution >= 0.6 is 34.8 Å². The molecule has 4 bridgehead atoms. The maximum atomic E-state index is 13.9. The van der Waals surface area contributed by atoms with Crippen molar-refractivity contribution in [3.8, 4) is 16.9 Å². The van der Waals surface area contributed by atoms with E-state index in [0.717, 1.165) is 79.1 Å². The summed E-state index contributed by atoms with van der Waals surface area (Å²) in [5, 5.41) is 6.53. The van der Waals surface area contributed by atoms with Crippen LogP contribution in [-0.4, -0.2) is 58.2 Å². The molecule has 5 nitrogen and oxygen atoms in total. The SMILES string of the molecule is Cc1c(C(=O)N2CCN(CCCC3C4CC5CC(C4)CC3C5)CC2)nn(-c2ccc(Cl)cc2Cl)c1-c1ccc(Cl)cc1. The van der Waals surface area contributed by atoms with E-state index in [2.05, 4.69) is 4.90 Å². The Morgan fingerprint density at radius 2 is 1.50 bits per heavy atom. The highest BCUT2D eigenvalue weighted by atomic mass is 35.5.